The summed E-state index contributed by atoms with van der Waals surface area (Å²) in [6, 6.07) is 8.17. The standard InChI is InChI=1S/C24H24ClN3/c1-18(27-23-12-13-26-24-14-21(25)10-11-22(23)24)15-28(16-19-6-2-3-7-19)17-20-8-4-5-9-20/h2-14,18H,15-17H2,1H3,(H,26,27). The molecular formula is C24H24ClN3. The normalized spacial score (nSPS) is 19.7. The number of hydrogen-bond acceptors (Lipinski definition) is 3. The summed E-state index contributed by atoms with van der Waals surface area (Å²) in [5.41, 5.74) is 2.01. The second-order valence-corrected chi connectivity index (χ2v) is 7.76. The van der Waals surface area contributed by atoms with Crippen LogP contribution < -0.4 is 5.32 Å². The van der Waals surface area contributed by atoms with Crippen LogP contribution in [0.4, 0.5) is 5.69 Å². The maximum Gasteiger partial charge on any atom is 0.0737 e. The fourth-order valence-corrected chi connectivity index (χ4v) is 3.85. The largest absolute Gasteiger partial charge is 0.381 e. The maximum atomic E-state index is 6.11. The van der Waals surface area contributed by atoms with Gasteiger partial charge >= 0.3 is 0 Å². The van der Waals surface area contributed by atoms with Gasteiger partial charge in [-0.05, 0) is 94.4 Å². The van der Waals surface area contributed by atoms with Crippen molar-refractivity contribution >= 4 is 28.2 Å². The van der Waals surface area contributed by atoms with E-state index < -0.39 is 0 Å². The number of fused-ring (bicyclic) bond motifs is 1. The highest BCUT2D eigenvalue weighted by Gasteiger charge is 2.25. The average molecular weight is 390 g/mol. The van der Waals surface area contributed by atoms with E-state index in [1.54, 1.807) is 0 Å². The van der Waals surface area contributed by atoms with E-state index >= 15 is 0 Å². The van der Waals surface area contributed by atoms with Crippen LogP contribution in [0.25, 0.3) is 10.9 Å². The van der Waals surface area contributed by atoms with Gasteiger partial charge in [-0.25, -0.2) is 0 Å². The van der Waals surface area contributed by atoms with Crippen LogP contribution in [0.3, 0.4) is 0 Å². The highest BCUT2D eigenvalue weighted by atomic mass is 35.5. The Morgan fingerprint density at radius 2 is 1.61 bits per heavy atom. The fraction of sp³-hybridized carbons (Fsp3) is 0.208. The second-order valence-electron chi connectivity index (χ2n) is 7.32. The van der Waals surface area contributed by atoms with E-state index in [-0.39, 0.29) is 6.04 Å². The molecule has 0 aliphatic heterocycles. The highest BCUT2D eigenvalue weighted by Crippen LogP contribution is 2.29. The molecule has 2 aliphatic carbocycles. The number of nitrogens with zero attached hydrogens (tertiary/aromatic N) is 2. The number of rotatable bonds is 8. The first-order chi connectivity index (χ1) is 13.7. The minimum Gasteiger partial charge on any atom is -0.381 e. The van der Waals surface area contributed by atoms with Crippen LogP contribution in [-0.4, -0.2) is 35.6 Å². The summed E-state index contributed by atoms with van der Waals surface area (Å²) in [4.78, 5) is 6.92. The molecule has 4 heteroatoms. The van der Waals surface area contributed by atoms with Crippen LogP contribution in [-0.2, 0) is 0 Å². The highest BCUT2D eigenvalue weighted by molar-refractivity contribution is 6.31. The van der Waals surface area contributed by atoms with Crippen molar-refractivity contribution in [3.05, 3.63) is 98.7 Å². The first-order valence-corrected chi connectivity index (χ1v) is 9.99. The smallest absolute Gasteiger partial charge is 0.0737 e. The van der Waals surface area contributed by atoms with Crippen LogP contribution in [0.1, 0.15) is 6.92 Å². The Morgan fingerprint density at radius 3 is 2.25 bits per heavy atom. The number of hydrogen-bond donors (Lipinski definition) is 1. The van der Waals surface area contributed by atoms with Crippen molar-refractivity contribution in [2.24, 2.45) is 0 Å². The predicted octanol–water partition coefficient (Wildman–Crippen LogP) is 4.80. The second kappa shape index (κ2) is 9.45. The number of benzene rings is 1. The molecule has 10 radical (unpaired) electrons. The summed E-state index contributed by atoms with van der Waals surface area (Å²) >= 11 is 6.11. The Labute approximate surface area is 174 Å². The van der Waals surface area contributed by atoms with E-state index in [2.05, 4.69) is 73.5 Å². The molecule has 1 heterocycles. The van der Waals surface area contributed by atoms with Gasteiger partial charge in [0.25, 0.3) is 0 Å². The summed E-state index contributed by atoms with van der Waals surface area (Å²) < 4.78 is 0. The van der Waals surface area contributed by atoms with Crippen LogP contribution in [0.5, 0.6) is 0 Å². The van der Waals surface area contributed by atoms with E-state index in [0.717, 1.165) is 36.2 Å². The lowest BCUT2D eigenvalue weighted by Gasteiger charge is -2.30. The van der Waals surface area contributed by atoms with Crippen molar-refractivity contribution in [2.45, 2.75) is 13.0 Å². The minimum atomic E-state index is 0.284. The molecule has 1 atom stereocenters. The van der Waals surface area contributed by atoms with Gasteiger partial charge in [0, 0.05) is 48.0 Å². The molecule has 0 saturated heterocycles. The number of anilines is 1. The zero-order valence-corrected chi connectivity index (χ0v) is 16.7. The van der Waals surface area contributed by atoms with E-state index in [4.69, 9.17) is 11.6 Å². The number of nitrogens with one attached hydrogen (secondary N) is 1. The average Bonchev–Trinajstić information content (AvgIpc) is 3.36. The molecule has 2 aliphatic rings. The number of pyridine rings is 1. The molecule has 1 aromatic heterocycles. The van der Waals surface area contributed by atoms with Gasteiger partial charge in [-0.1, -0.05) is 11.6 Å². The molecule has 0 bridgehead atoms. The van der Waals surface area contributed by atoms with Crippen molar-refractivity contribution in [3.63, 3.8) is 0 Å². The van der Waals surface area contributed by atoms with Gasteiger partial charge in [-0.2, -0.15) is 0 Å². The third-order valence-electron chi connectivity index (χ3n) is 4.91. The zero-order valence-electron chi connectivity index (χ0n) is 16.0. The molecule has 1 N–H and O–H groups in total. The molecule has 0 spiro atoms. The molecule has 1 aromatic carbocycles. The lowest BCUT2D eigenvalue weighted by Crippen LogP contribution is -2.39. The summed E-state index contributed by atoms with van der Waals surface area (Å²) in [6.45, 7) is 5.05. The Balaban J connectivity index is 1.42. The van der Waals surface area contributed by atoms with E-state index in [0.29, 0.717) is 5.02 Å². The van der Waals surface area contributed by atoms with Gasteiger partial charge in [-0.15, -0.1) is 0 Å². The molecule has 4 rings (SSSR count). The van der Waals surface area contributed by atoms with Gasteiger partial charge in [-0.3, -0.25) is 4.98 Å². The van der Waals surface area contributed by atoms with Crippen LogP contribution in [0.15, 0.2) is 30.5 Å². The molecule has 2 fully saturated rings. The van der Waals surface area contributed by atoms with Crippen molar-refractivity contribution in [1.82, 2.24) is 9.88 Å². The van der Waals surface area contributed by atoms with Crippen molar-refractivity contribution in [1.29, 1.82) is 0 Å². The van der Waals surface area contributed by atoms with Crippen LogP contribution >= 0.6 is 11.6 Å². The first-order valence-electron chi connectivity index (χ1n) is 9.62. The Morgan fingerprint density at radius 1 is 0.964 bits per heavy atom. The lowest BCUT2D eigenvalue weighted by atomic mass is 10.0. The van der Waals surface area contributed by atoms with Crippen molar-refractivity contribution in [2.75, 3.05) is 25.0 Å². The molecule has 28 heavy (non-hydrogen) atoms. The lowest BCUT2D eigenvalue weighted by molar-refractivity contribution is 0.295. The van der Waals surface area contributed by atoms with Gasteiger partial charge in [0.2, 0.25) is 0 Å². The minimum absolute atomic E-state index is 0.284. The van der Waals surface area contributed by atoms with Crippen molar-refractivity contribution in [3.8, 4) is 0 Å². The van der Waals surface area contributed by atoms with Crippen molar-refractivity contribution < 1.29 is 0 Å². The summed E-state index contributed by atoms with van der Waals surface area (Å²) in [7, 11) is 0. The van der Waals surface area contributed by atoms with E-state index in [1.165, 1.54) is 11.8 Å². The summed E-state index contributed by atoms with van der Waals surface area (Å²) in [6.07, 6.45) is 19.0. The molecule has 2 saturated carbocycles. The molecule has 1 unspecified atom stereocenters. The first kappa shape index (κ1) is 20.0. The number of aromatic nitrogens is 1. The topological polar surface area (TPSA) is 28.2 Å². The van der Waals surface area contributed by atoms with Gasteiger partial charge < -0.3 is 10.2 Å². The molecular weight excluding hydrogens is 366 g/mol. The molecule has 0 amide bonds. The Bertz CT molecular complexity index is 748. The Hall–Kier alpha value is -1.32. The SMILES string of the molecule is CC(CN(C[C]1[CH][CH][CH][CH]1)C[C]1[CH][CH][CH][CH]1)Nc1ccnc2cc(Cl)ccc12. The van der Waals surface area contributed by atoms with Crippen LogP contribution in [0, 0.1) is 63.2 Å². The van der Waals surface area contributed by atoms with Gasteiger partial charge in [0.1, 0.15) is 0 Å². The van der Waals surface area contributed by atoms with E-state index in [9.17, 15) is 0 Å². The summed E-state index contributed by atoms with van der Waals surface area (Å²) in [5, 5.41) is 5.47. The van der Waals surface area contributed by atoms with E-state index in [1.807, 2.05) is 30.5 Å². The molecule has 2 aromatic rings. The van der Waals surface area contributed by atoms with Gasteiger partial charge in [0.15, 0.2) is 0 Å². The zero-order chi connectivity index (χ0) is 19.3. The predicted molar refractivity (Wildman–Crippen MR) is 117 cm³/mol. The van der Waals surface area contributed by atoms with Crippen LogP contribution in [0.2, 0.25) is 5.02 Å². The fourth-order valence-electron chi connectivity index (χ4n) is 3.69. The maximum absolute atomic E-state index is 6.11. The van der Waals surface area contributed by atoms with Gasteiger partial charge in [0.05, 0.1) is 5.52 Å². The molecule has 142 valence electrons. The third kappa shape index (κ3) is 5.18. The molecule has 3 nitrogen and oxygen atoms in total. The monoisotopic (exact) mass is 389 g/mol. The number of halogens is 1. The quantitative estimate of drug-likeness (QED) is 0.702. The Kier molecular flexibility index (Phi) is 6.74. The third-order valence-corrected chi connectivity index (χ3v) is 5.15. The summed E-state index contributed by atoms with van der Waals surface area (Å²) in [5.74, 6) is 2.70.